The number of anilines is 1. The van der Waals surface area contributed by atoms with E-state index in [1.807, 2.05) is 13.8 Å². The third-order valence-corrected chi connectivity index (χ3v) is 2.51. The molecule has 0 heterocycles. The van der Waals surface area contributed by atoms with Gasteiger partial charge in [-0.05, 0) is 25.0 Å². The first-order valence-electron chi connectivity index (χ1n) is 5.98. The summed E-state index contributed by atoms with van der Waals surface area (Å²) in [6.45, 7) is 3.87. The second kappa shape index (κ2) is 6.18. The number of nitrogens with two attached hydrogens (primary N) is 1. The summed E-state index contributed by atoms with van der Waals surface area (Å²) in [7, 11) is 0. The van der Waals surface area contributed by atoms with Crippen LogP contribution in [0.3, 0.4) is 0 Å². The smallest absolute Gasteiger partial charge is 0.165 e. The molecular formula is C14H18NO2. The van der Waals surface area contributed by atoms with Gasteiger partial charge in [0, 0.05) is 35.7 Å². The van der Waals surface area contributed by atoms with Gasteiger partial charge in [0.25, 0.3) is 0 Å². The second-order valence-electron chi connectivity index (χ2n) is 4.05. The third-order valence-electron chi connectivity index (χ3n) is 2.51. The standard InChI is InChI=1S/C14H18NO2/c1-3-5-13(16)10-7-8-12(15)11(9-10)14(17)6-4-2/h7-8H,3-6,15H2,1-2H3. The third kappa shape index (κ3) is 3.41. The Balaban J connectivity index is 3.02. The van der Waals surface area contributed by atoms with E-state index in [4.69, 9.17) is 5.73 Å². The Bertz CT molecular complexity index is 424. The molecule has 1 rings (SSSR count). The Labute approximate surface area is 102 Å². The van der Waals surface area contributed by atoms with Gasteiger partial charge in [-0.2, -0.15) is 0 Å². The number of Topliss-reactive ketones (excluding diaryl/α,β-unsaturated/α-hetero) is 2. The fourth-order valence-electron chi connectivity index (χ4n) is 1.61. The van der Waals surface area contributed by atoms with Crippen molar-refractivity contribution in [2.75, 3.05) is 5.73 Å². The normalized spacial score (nSPS) is 10.2. The number of carbonyl (C=O) groups is 2. The predicted octanol–water partition coefficient (Wildman–Crippen LogP) is 3.03. The van der Waals surface area contributed by atoms with Crippen LogP contribution >= 0.6 is 0 Å². The van der Waals surface area contributed by atoms with E-state index >= 15 is 0 Å². The van der Waals surface area contributed by atoms with Gasteiger partial charge in [0.15, 0.2) is 11.6 Å². The lowest BCUT2D eigenvalue weighted by atomic mass is 9.99. The zero-order valence-corrected chi connectivity index (χ0v) is 10.4. The summed E-state index contributed by atoms with van der Waals surface area (Å²) in [6.07, 6.45) is 2.46. The molecule has 1 aromatic carbocycles. The average molecular weight is 232 g/mol. The van der Waals surface area contributed by atoms with Crippen LogP contribution in [0.4, 0.5) is 5.69 Å². The van der Waals surface area contributed by atoms with Crippen LogP contribution in [0.1, 0.15) is 60.2 Å². The molecule has 17 heavy (non-hydrogen) atoms. The summed E-state index contributed by atoms with van der Waals surface area (Å²) < 4.78 is 0. The minimum atomic E-state index is -0.0452. The molecule has 0 aliphatic heterocycles. The zero-order valence-electron chi connectivity index (χ0n) is 10.4. The first-order chi connectivity index (χ1) is 8.10. The van der Waals surface area contributed by atoms with E-state index in [1.54, 1.807) is 12.1 Å². The average Bonchev–Trinajstić information content (AvgIpc) is 2.30. The van der Waals surface area contributed by atoms with Gasteiger partial charge in [-0.25, -0.2) is 0 Å². The van der Waals surface area contributed by atoms with E-state index in [0.717, 1.165) is 12.8 Å². The molecule has 2 N–H and O–H groups in total. The molecule has 3 nitrogen and oxygen atoms in total. The highest BCUT2D eigenvalue weighted by molar-refractivity contribution is 6.04. The summed E-state index contributed by atoms with van der Waals surface area (Å²) in [5.41, 5.74) is 6.95. The topological polar surface area (TPSA) is 60.2 Å². The van der Waals surface area contributed by atoms with E-state index in [2.05, 4.69) is 6.07 Å². The first-order valence-corrected chi connectivity index (χ1v) is 5.98. The maximum Gasteiger partial charge on any atom is 0.165 e. The predicted molar refractivity (Wildman–Crippen MR) is 68.2 cm³/mol. The molecule has 0 fully saturated rings. The van der Waals surface area contributed by atoms with Crippen molar-refractivity contribution in [2.24, 2.45) is 0 Å². The number of benzene rings is 1. The molecule has 91 valence electrons. The summed E-state index contributed by atoms with van der Waals surface area (Å²) in [5.74, 6) is -0.0332. The van der Waals surface area contributed by atoms with E-state index in [0.29, 0.717) is 29.7 Å². The van der Waals surface area contributed by atoms with E-state index in [9.17, 15) is 9.59 Å². The lowest BCUT2D eigenvalue weighted by Crippen LogP contribution is -2.07. The molecule has 0 aliphatic rings. The molecule has 0 amide bonds. The number of hydrogen-bond donors (Lipinski definition) is 1. The molecular weight excluding hydrogens is 214 g/mol. The Morgan fingerprint density at radius 3 is 2.29 bits per heavy atom. The Morgan fingerprint density at radius 2 is 1.71 bits per heavy atom. The van der Waals surface area contributed by atoms with Crippen LogP contribution in [0.15, 0.2) is 12.1 Å². The summed E-state index contributed by atoms with van der Waals surface area (Å²) in [5, 5.41) is 0. The summed E-state index contributed by atoms with van der Waals surface area (Å²) in [4.78, 5) is 23.5. The Morgan fingerprint density at radius 1 is 1.12 bits per heavy atom. The maximum atomic E-state index is 11.8. The minimum Gasteiger partial charge on any atom is -0.398 e. The highest BCUT2D eigenvalue weighted by Crippen LogP contribution is 2.17. The van der Waals surface area contributed by atoms with Crippen molar-refractivity contribution in [1.82, 2.24) is 0 Å². The monoisotopic (exact) mass is 232 g/mol. The number of carbonyl (C=O) groups excluding carboxylic acids is 2. The van der Waals surface area contributed by atoms with Crippen molar-refractivity contribution < 1.29 is 9.59 Å². The molecule has 0 saturated heterocycles. The van der Waals surface area contributed by atoms with Crippen LogP contribution in [-0.2, 0) is 0 Å². The molecule has 1 radical (unpaired) electrons. The van der Waals surface area contributed by atoms with Gasteiger partial charge in [-0.1, -0.05) is 13.8 Å². The molecule has 1 aromatic rings. The van der Waals surface area contributed by atoms with E-state index in [-0.39, 0.29) is 11.6 Å². The summed E-state index contributed by atoms with van der Waals surface area (Å²) >= 11 is 0. The van der Waals surface area contributed by atoms with Crippen molar-refractivity contribution in [3.05, 3.63) is 29.3 Å². The fraction of sp³-hybridized carbons (Fsp3) is 0.429. The highest BCUT2D eigenvalue weighted by atomic mass is 16.1. The molecule has 0 saturated carbocycles. The van der Waals surface area contributed by atoms with Gasteiger partial charge in [-0.3, -0.25) is 9.59 Å². The number of rotatable bonds is 6. The molecule has 0 unspecified atom stereocenters. The van der Waals surface area contributed by atoms with Crippen LogP contribution in [0, 0.1) is 6.07 Å². The van der Waals surface area contributed by atoms with Crippen molar-refractivity contribution >= 4 is 17.3 Å². The lowest BCUT2D eigenvalue weighted by Gasteiger charge is -2.06. The SMILES string of the molecule is CCCC(=O)c1[c]c(C(=O)CCC)c(N)cc1. The van der Waals surface area contributed by atoms with Crippen molar-refractivity contribution in [3.63, 3.8) is 0 Å². The van der Waals surface area contributed by atoms with Gasteiger partial charge in [0.1, 0.15) is 0 Å². The van der Waals surface area contributed by atoms with Gasteiger partial charge in [0.05, 0.1) is 0 Å². The number of nitrogen functional groups attached to an aromatic ring is 1. The number of ketones is 2. The largest absolute Gasteiger partial charge is 0.398 e. The molecule has 0 aromatic heterocycles. The van der Waals surface area contributed by atoms with Crippen LogP contribution in [-0.4, -0.2) is 11.6 Å². The van der Waals surface area contributed by atoms with Crippen LogP contribution in [0.2, 0.25) is 0 Å². The lowest BCUT2D eigenvalue weighted by molar-refractivity contribution is 0.0981. The van der Waals surface area contributed by atoms with Gasteiger partial charge < -0.3 is 5.73 Å². The van der Waals surface area contributed by atoms with Crippen molar-refractivity contribution in [2.45, 2.75) is 39.5 Å². The van der Waals surface area contributed by atoms with Gasteiger partial charge in [0.2, 0.25) is 0 Å². The van der Waals surface area contributed by atoms with Gasteiger partial charge >= 0.3 is 0 Å². The quantitative estimate of drug-likeness (QED) is 0.605. The highest BCUT2D eigenvalue weighted by Gasteiger charge is 2.13. The molecule has 0 aliphatic carbocycles. The van der Waals surface area contributed by atoms with Crippen molar-refractivity contribution in [1.29, 1.82) is 0 Å². The van der Waals surface area contributed by atoms with E-state index < -0.39 is 0 Å². The first kappa shape index (κ1) is 13.4. The zero-order chi connectivity index (χ0) is 12.8. The van der Waals surface area contributed by atoms with Crippen LogP contribution in [0.25, 0.3) is 0 Å². The number of hydrogen-bond acceptors (Lipinski definition) is 3. The Kier molecular flexibility index (Phi) is 4.88. The van der Waals surface area contributed by atoms with Crippen LogP contribution in [0.5, 0.6) is 0 Å². The summed E-state index contributed by atoms with van der Waals surface area (Å²) in [6, 6.07) is 6.11. The fourth-order valence-corrected chi connectivity index (χ4v) is 1.61. The van der Waals surface area contributed by atoms with Crippen LogP contribution < -0.4 is 5.73 Å². The van der Waals surface area contributed by atoms with Crippen molar-refractivity contribution in [3.8, 4) is 0 Å². The van der Waals surface area contributed by atoms with Gasteiger partial charge in [-0.15, -0.1) is 0 Å². The van der Waals surface area contributed by atoms with E-state index in [1.165, 1.54) is 0 Å². The maximum absolute atomic E-state index is 11.8. The molecule has 0 spiro atoms. The Hall–Kier alpha value is -1.64. The molecule has 0 bridgehead atoms. The second-order valence-corrected chi connectivity index (χ2v) is 4.05. The molecule has 0 atom stereocenters. The molecule has 3 heteroatoms. The minimum absolute atomic E-state index is 0.0121.